The first kappa shape index (κ1) is 13.0. The topological polar surface area (TPSA) is 38.7 Å². The van der Waals surface area contributed by atoms with Gasteiger partial charge in [0.2, 0.25) is 0 Å². The molecule has 0 aliphatic rings. The lowest BCUT2D eigenvalue weighted by atomic mass is 10.1. The van der Waals surface area contributed by atoms with E-state index in [4.69, 9.17) is 14.6 Å². The lowest BCUT2D eigenvalue weighted by molar-refractivity contribution is 0.0702. The minimum absolute atomic E-state index is 0.0580. The molecule has 0 fully saturated rings. The van der Waals surface area contributed by atoms with Gasteiger partial charge in [0.25, 0.3) is 0 Å². The lowest BCUT2D eigenvalue weighted by Gasteiger charge is -2.13. The van der Waals surface area contributed by atoms with E-state index in [9.17, 15) is 0 Å². The van der Waals surface area contributed by atoms with Gasteiger partial charge in [-0.1, -0.05) is 12.1 Å². The Hall–Kier alpha value is -1.06. The summed E-state index contributed by atoms with van der Waals surface area (Å²) in [5.74, 6) is 0.951. The first-order chi connectivity index (χ1) is 7.66. The Bertz CT molecular complexity index is 334. The van der Waals surface area contributed by atoms with Gasteiger partial charge >= 0.3 is 0 Å². The molecule has 1 aromatic carbocycles. The summed E-state index contributed by atoms with van der Waals surface area (Å²) in [4.78, 5) is 0. The Kier molecular flexibility index (Phi) is 5.29. The first-order valence-electron chi connectivity index (χ1n) is 5.55. The van der Waals surface area contributed by atoms with Crippen LogP contribution in [0.3, 0.4) is 0 Å². The number of hydrogen-bond acceptors (Lipinski definition) is 3. The Labute approximate surface area is 97.0 Å². The maximum absolute atomic E-state index is 8.54. The summed E-state index contributed by atoms with van der Waals surface area (Å²) in [6, 6.07) is 4.16. The van der Waals surface area contributed by atoms with Crippen LogP contribution in [0.15, 0.2) is 12.1 Å². The van der Waals surface area contributed by atoms with E-state index in [2.05, 4.69) is 26.0 Å². The molecule has 1 N–H and O–H groups in total. The SMILES string of the molecule is Cc1ccc(C)c(OCCOCCO)c1C. The zero-order valence-corrected chi connectivity index (χ0v) is 10.2. The zero-order chi connectivity index (χ0) is 12.0. The molecule has 0 atom stereocenters. The minimum Gasteiger partial charge on any atom is -0.491 e. The van der Waals surface area contributed by atoms with Gasteiger partial charge in [0.05, 0.1) is 19.8 Å². The highest BCUT2D eigenvalue weighted by atomic mass is 16.5. The van der Waals surface area contributed by atoms with Crippen LogP contribution in [0.25, 0.3) is 0 Å². The second-order valence-electron chi connectivity index (χ2n) is 3.84. The van der Waals surface area contributed by atoms with Crippen molar-refractivity contribution >= 4 is 0 Å². The standard InChI is InChI=1S/C13H20O3/c1-10-4-5-11(2)13(12(10)3)16-9-8-15-7-6-14/h4-5,14H,6-9H2,1-3H3. The largest absolute Gasteiger partial charge is 0.491 e. The highest BCUT2D eigenvalue weighted by molar-refractivity contribution is 5.44. The number of benzene rings is 1. The minimum atomic E-state index is 0.0580. The van der Waals surface area contributed by atoms with Gasteiger partial charge in [0.15, 0.2) is 0 Å². The van der Waals surface area contributed by atoms with Crippen LogP contribution in [0.1, 0.15) is 16.7 Å². The molecule has 0 heterocycles. The maximum Gasteiger partial charge on any atom is 0.125 e. The number of aliphatic hydroxyl groups is 1. The summed E-state index contributed by atoms with van der Waals surface area (Å²) >= 11 is 0. The molecule has 0 unspecified atom stereocenters. The summed E-state index contributed by atoms with van der Waals surface area (Å²) in [7, 11) is 0. The molecule has 3 nitrogen and oxygen atoms in total. The van der Waals surface area contributed by atoms with E-state index in [0.717, 1.165) is 11.3 Å². The van der Waals surface area contributed by atoms with Gasteiger partial charge < -0.3 is 14.6 Å². The number of rotatable bonds is 6. The van der Waals surface area contributed by atoms with Crippen molar-refractivity contribution in [1.29, 1.82) is 0 Å². The van der Waals surface area contributed by atoms with Crippen molar-refractivity contribution in [3.63, 3.8) is 0 Å². The van der Waals surface area contributed by atoms with E-state index in [1.165, 1.54) is 11.1 Å². The summed E-state index contributed by atoms with van der Waals surface area (Å²) < 4.78 is 10.8. The summed E-state index contributed by atoms with van der Waals surface area (Å²) in [6.45, 7) is 7.63. The van der Waals surface area contributed by atoms with E-state index < -0.39 is 0 Å². The molecule has 16 heavy (non-hydrogen) atoms. The zero-order valence-electron chi connectivity index (χ0n) is 10.2. The van der Waals surface area contributed by atoms with Gasteiger partial charge in [-0.25, -0.2) is 0 Å². The first-order valence-corrected chi connectivity index (χ1v) is 5.55. The Morgan fingerprint density at radius 2 is 1.69 bits per heavy atom. The lowest BCUT2D eigenvalue weighted by Crippen LogP contribution is -2.10. The number of aliphatic hydroxyl groups excluding tert-OH is 1. The van der Waals surface area contributed by atoms with E-state index >= 15 is 0 Å². The molecule has 1 rings (SSSR count). The maximum atomic E-state index is 8.54. The molecule has 0 aromatic heterocycles. The van der Waals surface area contributed by atoms with Crippen molar-refractivity contribution in [3.05, 3.63) is 28.8 Å². The molecule has 0 spiro atoms. The van der Waals surface area contributed by atoms with Crippen LogP contribution >= 0.6 is 0 Å². The Balaban J connectivity index is 2.50. The third-order valence-corrected chi connectivity index (χ3v) is 2.58. The van der Waals surface area contributed by atoms with Gasteiger partial charge in [-0.15, -0.1) is 0 Å². The van der Waals surface area contributed by atoms with Crippen molar-refractivity contribution in [2.45, 2.75) is 20.8 Å². The third kappa shape index (κ3) is 3.51. The van der Waals surface area contributed by atoms with Crippen molar-refractivity contribution in [1.82, 2.24) is 0 Å². The average molecular weight is 224 g/mol. The fraction of sp³-hybridized carbons (Fsp3) is 0.538. The van der Waals surface area contributed by atoms with Crippen LogP contribution in [-0.2, 0) is 4.74 Å². The summed E-state index contributed by atoms with van der Waals surface area (Å²) in [6.07, 6.45) is 0. The summed E-state index contributed by atoms with van der Waals surface area (Å²) in [5.41, 5.74) is 3.56. The fourth-order valence-corrected chi connectivity index (χ4v) is 1.52. The highest BCUT2D eigenvalue weighted by Crippen LogP contribution is 2.25. The molecule has 90 valence electrons. The number of aryl methyl sites for hydroxylation is 2. The van der Waals surface area contributed by atoms with Crippen molar-refractivity contribution in [2.24, 2.45) is 0 Å². The molecule has 0 aliphatic carbocycles. The van der Waals surface area contributed by atoms with Crippen LogP contribution in [0, 0.1) is 20.8 Å². The predicted octanol–water partition coefficient (Wildman–Crippen LogP) is 2.00. The fourth-order valence-electron chi connectivity index (χ4n) is 1.52. The smallest absolute Gasteiger partial charge is 0.125 e. The van der Waals surface area contributed by atoms with Crippen LogP contribution in [0.5, 0.6) is 5.75 Å². The van der Waals surface area contributed by atoms with E-state index in [-0.39, 0.29) is 6.61 Å². The monoisotopic (exact) mass is 224 g/mol. The molecular formula is C13H20O3. The van der Waals surface area contributed by atoms with Crippen LogP contribution in [-0.4, -0.2) is 31.5 Å². The quantitative estimate of drug-likeness (QED) is 0.751. The normalized spacial score (nSPS) is 10.5. The van der Waals surface area contributed by atoms with Crippen molar-refractivity contribution < 1.29 is 14.6 Å². The predicted molar refractivity (Wildman–Crippen MR) is 64.1 cm³/mol. The number of hydrogen-bond donors (Lipinski definition) is 1. The van der Waals surface area contributed by atoms with Crippen molar-refractivity contribution in [2.75, 3.05) is 26.4 Å². The van der Waals surface area contributed by atoms with Gasteiger partial charge in [-0.2, -0.15) is 0 Å². The number of ether oxygens (including phenoxy) is 2. The third-order valence-electron chi connectivity index (χ3n) is 2.58. The highest BCUT2D eigenvalue weighted by Gasteiger charge is 2.05. The molecular weight excluding hydrogens is 204 g/mol. The van der Waals surface area contributed by atoms with Gasteiger partial charge in [0.1, 0.15) is 12.4 Å². The van der Waals surface area contributed by atoms with Crippen molar-refractivity contribution in [3.8, 4) is 5.75 Å². The molecule has 0 saturated carbocycles. The van der Waals surface area contributed by atoms with Crippen LogP contribution in [0.4, 0.5) is 0 Å². The second-order valence-corrected chi connectivity index (χ2v) is 3.84. The van der Waals surface area contributed by atoms with Crippen LogP contribution in [0.2, 0.25) is 0 Å². The average Bonchev–Trinajstić information content (AvgIpc) is 2.28. The Morgan fingerprint density at radius 3 is 2.38 bits per heavy atom. The second kappa shape index (κ2) is 6.51. The molecule has 0 amide bonds. The molecule has 0 aliphatic heterocycles. The molecule has 1 aromatic rings. The van der Waals surface area contributed by atoms with Gasteiger partial charge in [-0.3, -0.25) is 0 Å². The molecule has 0 saturated heterocycles. The van der Waals surface area contributed by atoms with Gasteiger partial charge in [-0.05, 0) is 37.5 Å². The summed E-state index contributed by atoms with van der Waals surface area (Å²) in [5, 5.41) is 8.54. The van der Waals surface area contributed by atoms with E-state index in [1.807, 2.05) is 6.92 Å². The molecule has 0 radical (unpaired) electrons. The van der Waals surface area contributed by atoms with E-state index in [1.54, 1.807) is 0 Å². The Morgan fingerprint density at radius 1 is 1.00 bits per heavy atom. The van der Waals surface area contributed by atoms with E-state index in [0.29, 0.717) is 19.8 Å². The molecule has 0 bridgehead atoms. The van der Waals surface area contributed by atoms with Gasteiger partial charge in [0, 0.05) is 0 Å². The molecule has 3 heteroatoms. The van der Waals surface area contributed by atoms with Crippen LogP contribution < -0.4 is 4.74 Å².